The van der Waals surface area contributed by atoms with Crippen molar-refractivity contribution in [2.75, 3.05) is 13.2 Å². The molecule has 0 aliphatic heterocycles. The highest BCUT2D eigenvalue weighted by Gasteiger charge is 2.11. The first-order chi connectivity index (χ1) is 10.4. The summed E-state index contributed by atoms with van der Waals surface area (Å²) in [6, 6.07) is 6.20. The van der Waals surface area contributed by atoms with Gasteiger partial charge in [0.1, 0.15) is 36.2 Å². The van der Waals surface area contributed by atoms with Gasteiger partial charge in [0.05, 0.1) is 17.9 Å². The molecule has 0 amide bonds. The van der Waals surface area contributed by atoms with Gasteiger partial charge in [-0.1, -0.05) is 0 Å². The van der Waals surface area contributed by atoms with E-state index >= 15 is 0 Å². The lowest BCUT2D eigenvalue weighted by Crippen LogP contribution is -2.10. The molecule has 2 aromatic rings. The maximum absolute atomic E-state index is 9.45. The zero-order valence-corrected chi connectivity index (χ0v) is 17.3. The fourth-order valence-electron chi connectivity index (χ4n) is 1.66. The second-order valence-electron chi connectivity index (χ2n) is 4.17. The molecule has 0 heterocycles. The molecule has 0 aliphatic rings. The van der Waals surface area contributed by atoms with Crippen LogP contribution in [0.2, 0.25) is 0 Å². The Kier molecular flexibility index (Phi) is 6.43. The number of phenols is 2. The summed E-state index contributed by atoms with van der Waals surface area (Å²) >= 11 is 13.3. The maximum atomic E-state index is 9.45. The van der Waals surface area contributed by atoms with E-state index in [0.29, 0.717) is 42.6 Å². The third kappa shape index (κ3) is 4.53. The van der Waals surface area contributed by atoms with E-state index in [-0.39, 0.29) is 11.5 Å². The molecule has 118 valence electrons. The van der Waals surface area contributed by atoms with Crippen LogP contribution < -0.4 is 9.47 Å². The van der Waals surface area contributed by atoms with Crippen LogP contribution in [-0.4, -0.2) is 23.4 Å². The molecule has 0 fully saturated rings. The van der Waals surface area contributed by atoms with Gasteiger partial charge >= 0.3 is 0 Å². The Hall–Kier alpha value is -0.440. The van der Waals surface area contributed by atoms with Crippen molar-refractivity contribution >= 4 is 63.7 Å². The third-order valence-corrected chi connectivity index (χ3v) is 4.90. The summed E-state index contributed by atoms with van der Waals surface area (Å²) in [5.74, 6) is 1.45. The fourth-order valence-corrected chi connectivity index (χ4v) is 4.44. The highest BCUT2D eigenvalue weighted by molar-refractivity contribution is 9.11. The van der Waals surface area contributed by atoms with Gasteiger partial charge in [0.15, 0.2) is 0 Å². The van der Waals surface area contributed by atoms with E-state index in [1.165, 1.54) is 0 Å². The van der Waals surface area contributed by atoms with Crippen LogP contribution in [0.4, 0.5) is 0 Å². The van der Waals surface area contributed by atoms with Crippen LogP contribution in [0.25, 0.3) is 0 Å². The number of ether oxygens (including phenoxy) is 2. The predicted octanol–water partition coefficient (Wildman–Crippen LogP) is 5.61. The summed E-state index contributed by atoms with van der Waals surface area (Å²) in [5, 5.41) is 18.9. The average Bonchev–Trinajstić information content (AvgIpc) is 2.38. The van der Waals surface area contributed by atoms with Crippen LogP contribution in [0.5, 0.6) is 23.0 Å². The van der Waals surface area contributed by atoms with Crippen molar-refractivity contribution in [3.8, 4) is 23.0 Å². The first-order valence-corrected chi connectivity index (χ1v) is 9.17. The van der Waals surface area contributed by atoms with Gasteiger partial charge in [-0.25, -0.2) is 0 Å². The lowest BCUT2D eigenvalue weighted by molar-refractivity contribution is 0.213. The van der Waals surface area contributed by atoms with Gasteiger partial charge in [0.25, 0.3) is 0 Å². The summed E-state index contributed by atoms with van der Waals surface area (Å²) < 4.78 is 13.9. The fraction of sp³-hybridized carbons (Fsp3) is 0.143. The molecule has 0 aliphatic carbocycles. The molecule has 0 saturated carbocycles. The number of rotatable bonds is 5. The van der Waals surface area contributed by atoms with Crippen molar-refractivity contribution in [2.24, 2.45) is 0 Å². The van der Waals surface area contributed by atoms with E-state index in [0.717, 1.165) is 0 Å². The standard InChI is InChI=1S/C14H10Br4O4/c15-9-3-7(19)4-10(16)13(9)21-1-2-22-14-11(17)5-8(20)6-12(14)18/h3-6,19-20H,1-2H2. The van der Waals surface area contributed by atoms with Gasteiger partial charge in [-0.3, -0.25) is 0 Å². The van der Waals surface area contributed by atoms with Crippen molar-refractivity contribution < 1.29 is 19.7 Å². The van der Waals surface area contributed by atoms with E-state index in [2.05, 4.69) is 63.7 Å². The Bertz CT molecular complexity index is 585. The highest BCUT2D eigenvalue weighted by Crippen LogP contribution is 2.38. The van der Waals surface area contributed by atoms with Crippen molar-refractivity contribution in [3.63, 3.8) is 0 Å². The van der Waals surface area contributed by atoms with Crippen LogP contribution in [0.3, 0.4) is 0 Å². The Balaban J connectivity index is 1.96. The van der Waals surface area contributed by atoms with E-state index in [4.69, 9.17) is 9.47 Å². The molecule has 22 heavy (non-hydrogen) atoms. The molecule has 0 radical (unpaired) electrons. The number of phenolic OH excluding ortho intramolecular Hbond substituents is 2. The minimum absolute atomic E-state index is 0.138. The molecule has 2 rings (SSSR count). The summed E-state index contributed by atoms with van der Waals surface area (Å²) in [6.45, 7) is 0.615. The lowest BCUT2D eigenvalue weighted by Gasteiger charge is -2.13. The summed E-state index contributed by atoms with van der Waals surface area (Å²) in [4.78, 5) is 0. The third-order valence-electron chi connectivity index (χ3n) is 2.54. The van der Waals surface area contributed by atoms with Crippen LogP contribution in [0.15, 0.2) is 42.2 Å². The summed E-state index contributed by atoms with van der Waals surface area (Å²) in [5.41, 5.74) is 0. The minimum atomic E-state index is 0.138. The van der Waals surface area contributed by atoms with Gasteiger partial charge in [-0.05, 0) is 88.0 Å². The van der Waals surface area contributed by atoms with E-state index < -0.39 is 0 Å². The van der Waals surface area contributed by atoms with Crippen LogP contribution >= 0.6 is 63.7 Å². The van der Waals surface area contributed by atoms with Crippen molar-refractivity contribution in [1.82, 2.24) is 0 Å². The second-order valence-corrected chi connectivity index (χ2v) is 7.59. The van der Waals surface area contributed by atoms with Gasteiger partial charge in [0.2, 0.25) is 0 Å². The molecular formula is C14H10Br4O4. The SMILES string of the molecule is Oc1cc(Br)c(OCCOc2c(Br)cc(O)cc2Br)c(Br)c1. The molecule has 0 unspecified atom stereocenters. The number of hydrogen-bond donors (Lipinski definition) is 2. The van der Waals surface area contributed by atoms with Crippen LogP contribution in [0.1, 0.15) is 0 Å². The molecule has 2 aromatic carbocycles. The largest absolute Gasteiger partial charge is 0.508 e. The van der Waals surface area contributed by atoms with Gasteiger partial charge in [-0.15, -0.1) is 0 Å². The quantitative estimate of drug-likeness (QED) is 0.466. The zero-order chi connectivity index (χ0) is 16.3. The molecule has 0 spiro atoms. The van der Waals surface area contributed by atoms with E-state index in [1.54, 1.807) is 24.3 Å². The normalized spacial score (nSPS) is 10.5. The molecular weight excluding hydrogens is 552 g/mol. The zero-order valence-electron chi connectivity index (χ0n) is 10.9. The van der Waals surface area contributed by atoms with Gasteiger partial charge < -0.3 is 19.7 Å². The highest BCUT2D eigenvalue weighted by atomic mass is 79.9. The predicted molar refractivity (Wildman–Crippen MR) is 98.0 cm³/mol. The van der Waals surface area contributed by atoms with Crippen LogP contribution in [-0.2, 0) is 0 Å². The molecule has 0 atom stereocenters. The number of aromatic hydroxyl groups is 2. The van der Waals surface area contributed by atoms with E-state index in [9.17, 15) is 10.2 Å². The number of benzene rings is 2. The Morgan fingerprint density at radius 2 is 0.909 bits per heavy atom. The maximum Gasteiger partial charge on any atom is 0.148 e. The lowest BCUT2D eigenvalue weighted by atomic mass is 10.3. The number of hydrogen-bond acceptors (Lipinski definition) is 4. The molecule has 0 aromatic heterocycles. The van der Waals surface area contributed by atoms with Crippen molar-refractivity contribution in [1.29, 1.82) is 0 Å². The first-order valence-electron chi connectivity index (χ1n) is 6.00. The van der Waals surface area contributed by atoms with Crippen molar-refractivity contribution in [2.45, 2.75) is 0 Å². The monoisotopic (exact) mass is 558 g/mol. The summed E-state index contributed by atoms with van der Waals surface area (Å²) in [7, 11) is 0. The Morgan fingerprint density at radius 3 is 1.18 bits per heavy atom. The topological polar surface area (TPSA) is 58.9 Å². The Morgan fingerprint density at radius 1 is 0.636 bits per heavy atom. The smallest absolute Gasteiger partial charge is 0.148 e. The molecule has 4 nitrogen and oxygen atoms in total. The number of halogens is 4. The molecule has 0 saturated heterocycles. The Labute approximate surface area is 161 Å². The van der Waals surface area contributed by atoms with E-state index in [1.807, 2.05) is 0 Å². The average molecular weight is 562 g/mol. The van der Waals surface area contributed by atoms with Crippen LogP contribution in [0, 0.1) is 0 Å². The van der Waals surface area contributed by atoms with Gasteiger partial charge in [0, 0.05) is 0 Å². The first kappa shape index (κ1) is 17.9. The minimum Gasteiger partial charge on any atom is -0.508 e. The molecule has 8 heteroatoms. The molecule has 2 N–H and O–H groups in total. The summed E-state index contributed by atoms with van der Waals surface area (Å²) in [6.07, 6.45) is 0. The van der Waals surface area contributed by atoms with Crippen molar-refractivity contribution in [3.05, 3.63) is 42.2 Å². The second kappa shape index (κ2) is 7.90. The van der Waals surface area contributed by atoms with Gasteiger partial charge in [-0.2, -0.15) is 0 Å². The molecule has 0 bridgehead atoms.